The number of rotatable bonds is 5. The number of pyridine rings is 1. The minimum absolute atomic E-state index is 0.239. The molecule has 4 heterocycles. The van der Waals surface area contributed by atoms with Gasteiger partial charge in [0.05, 0.1) is 0 Å². The molecule has 2 bridgehead atoms. The fraction of sp³-hybridized carbons (Fsp3) is 0.556. The van der Waals surface area contributed by atoms with Crippen molar-refractivity contribution in [3.63, 3.8) is 0 Å². The molecule has 2 aliphatic heterocycles. The Hall–Kier alpha value is -2.28. The van der Waals surface area contributed by atoms with Gasteiger partial charge in [-0.1, -0.05) is 5.16 Å². The van der Waals surface area contributed by atoms with Crippen LogP contribution in [0.5, 0.6) is 0 Å². The van der Waals surface area contributed by atoms with Gasteiger partial charge in [0.1, 0.15) is 0 Å². The first-order valence-electron chi connectivity index (χ1n) is 9.05. The largest absolute Gasteiger partial charge is 0.341 e. The van der Waals surface area contributed by atoms with Crippen LogP contribution in [0.25, 0.3) is 11.4 Å². The van der Waals surface area contributed by atoms with E-state index in [-0.39, 0.29) is 5.91 Å². The van der Waals surface area contributed by atoms with E-state index in [1.807, 2.05) is 17.0 Å². The fourth-order valence-corrected chi connectivity index (χ4v) is 3.69. The maximum absolute atomic E-state index is 12.5. The van der Waals surface area contributed by atoms with Crippen molar-refractivity contribution >= 4 is 5.91 Å². The molecule has 2 atom stereocenters. The molecule has 4 rings (SSSR count). The Labute approximate surface area is 146 Å². The predicted octanol–water partition coefficient (Wildman–Crippen LogP) is 1.81. The molecule has 2 aromatic heterocycles. The number of carbonyl (C=O) groups is 1. The van der Waals surface area contributed by atoms with Gasteiger partial charge >= 0.3 is 0 Å². The molecule has 0 radical (unpaired) electrons. The van der Waals surface area contributed by atoms with E-state index in [1.165, 1.54) is 12.8 Å². The summed E-state index contributed by atoms with van der Waals surface area (Å²) >= 11 is 0. The fourth-order valence-electron chi connectivity index (χ4n) is 3.69. The minimum Gasteiger partial charge on any atom is -0.341 e. The average molecular weight is 341 g/mol. The van der Waals surface area contributed by atoms with Crippen LogP contribution >= 0.6 is 0 Å². The number of hydrogen-bond donors (Lipinski definition) is 1. The van der Waals surface area contributed by atoms with Crippen molar-refractivity contribution in [3.05, 3.63) is 30.4 Å². The lowest BCUT2D eigenvalue weighted by Gasteiger charge is -2.24. The first kappa shape index (κ1) is 16.2. The number of aromatic nitrogens is 3. The first-order chi connectivity index (χ1) is 12.3. The van der Waals surface area contributed by atoms with Gasteiger partial charge in [0.2, 0.25) is 17.6 Å². The van der Waals surface area contributed by atoms with Crippen LogP contribution in [-0.4, -0.2) is 51.1 Å². The van der Waals surface area contributed by atoms with E-state index in [0.29, 0.717) is 36.6 Å². The van der Waals surface area contributed by atoms with E-state index in [1.54, 1.807) is 12.4 Å². The third-order valence-corrected chi connectivity index (χ3v) is 5.06. The Kier molecular flexibility index (Phi) is 4.74. The Bertz CT molecular complexity index is 717. The standard InChI is InChI=1S/C18H23N5O2/c24-17(23-11-8-14-4-5-15(12-23)20-14)3-1-2-16-21-18(22-25-16)13-6-9-19-10-7-13/h6-7,9-10,14-15,20H,1-5,8,11-12H2/t14-,15+/m1/s1. The van der Waals surface area contributed by atoms with Crippen molar-refractivity contribution in [2.24, 2.45) is 0 Å². The average Bonchev–Trinajstić information content (AvgIpc) is 3.22. The summed E-state index contributed by atoms with van der Waals surface area (Å²) in [4.78, 5) is 22.9. The maximum atomic E-state index is 12.5. The Morgan fingerprint density at radius 3 is 2.96 bits per heavy atom. The molecule has 0 saturated carbocycles. The van der Waals surface area contributed by atoms with E-state index in [2.05, 4.69) is 20.4 Å². The summed E-state index contributed by atoms with van der Waals surface area (Å²) in [7, 11) is 0. The summed E-state index contributed by atoms with van der Waals surface area (Å²) in [6.07, 6.45) is 8.81. The Morgan fingerprint density at radius 1 is 1.24 bits per heavy atom. The normalized spacial score (nSPS) is 22.8. The summed E-state index contributed by atoms with van der Waals surface area (Å²) in [6, 6.07) is 4.78. The molecular weight excluding hydrogens is 318 g/mol. The molecule has 2 aromatic rings. The molecule has 132 valence electrons. The molecule has 7 nitrogen and oxygen atoms in total. The summed E-state index contributed by atoms with van der Waals surface area (Å²) in [6.45, 7) is 1.72. The van der Waals surface area contributed by atoms with Crippen molar-refractivity contribution in [2.75, 3.05) is 13.1 Å². The highest BCUT2D eigenvalue weighted by atomic mass is 16.5. The van der Waals surface area contributed by atoms with Gasteiger partial charge < -0.3 is 14.7 Å². The lowest BCUT2D eigenvalue weighted by atomic mass is 10.1. The molecule has 2 aliphatic rings. The molecule has 0 aromatic carbocycles. The van der Waals surface area contributed by atoms with Crippen molar-refractivity contribution in [1.82, 2.24) is 25.3 Å². The molecule has 1 N–H and O–H groups in total. The SMILES string of the molecule is O=C(CCCc1nc(-c2ccncc2)no1)N1CC[C@H]2CC[C@@H](C1)N2. The van der Waals surface area contributed by atoms with E-state index < -0.39 is 0 Å². The predicted molar refractivity (Wildman–Crippen MR) is 91.6 cm³/mol. The van der Waals surface area contributed by atoms with Gasteiger partial charge in [-0.2, -0.15) is 4.98 Å². The van der Waals surface area contributed by atoms with Crippen LogP contribution in [0.1, 0.15) is 38.0 Å². The number of likely N-dealkylation sites (tertiary alicyclic amines) is 1. The zero-order valence-electron chi connectivity index (χ0n) is 14.2. The van der Waals surface area contributed by atoms with E-state index in [0.717, 1.165) is 31.5 Å². The molecule has 25 heavy (non-hydrogen) atoms. The van der Waals surface area contributed by atoms with Gasteiger partial charge in [0.15, 0.2) is 0 Å². The molecular formula is C18H23N5O2. The molecule has 0 aliphatic carbocycles. The molecule has 0 spiro atoms. The van der Waals surface area contributed by atoms with Gasteiger partial charge in [-0.05, 0) is 37.8 Å². The zero-order chi connectivity index (χ0) is 17.1. The summed E-state index contributed by atoms with van der Waals surface area (Å²) in [5, 5.41) is 7.60. The van der Waals surface area contributed by atoms with Crippen LogP contribution < -0.4 is 5.32 Å². The number of aryl methyl sites for hydroxylation is 1. The van der Waals surface area contributed by atoms with Gasteiger partial charge in [0.25, 0.3) is 0 Å². The van der Waals surface area contributed by atoms with Crippen molar-refractivity contribution < 1.29 is 9.32 Å². The van der Waals surface area contributed by atoms with E-state index >= 15 is 0 Å². The van der Waals surface area contributed by atoms with Crippen molar-refractivity contribution in [1.29, 1.82) is 0 Å². The second kappa shape index (κ2) is 7.31. The number of nitrogens with zero attached hydrogens (tertiary/aromatic N) is 4. The third-order valence-electron chi connectivity index (χ3n) is 5.06. The smallest absolute Gasteiger partial charge is 0.226 e. The first-order valence-corrected chi connectivity index (χ1v) is 9.05. The third kappa shape index (κ3) is 3.87. The number of fused-ring (bicyclic) bond motifs is 2. The van der Waals surface area contributed by atoms with Gasteiger partial charge in [-0.15, -0.1) is 0 Å². The molecule has 1 amide bonds. The molecule has 7 heteroatoms. The highest BCUT2D eigenvalue weighted by Crippen LogP contribution is 2.21. The van der Waals surface area contributed by atoms with Crippen LogP contribution in [0.4, 0.5) is 0 Å². The minimum atomic E-state index is 0.239. The quantitative estimate of drug-likeness (QED) is 0.893. The number of nitrogens with one attached hydrogen (secondary N) is 1. The van der Waals surface area contributed by atoms with Crippen LogP contribution in [0.2, 0.25) is 0 Å². The lowest BCUT2D eigenvalue weighted by Crippen LogP contribution is -2.38. The Morgan fingerprint density at radius 2 is 2.08 bits per heavy atom. The van der Waals surface area contributed by atoms with Crippen LogP contribution in [0, 0.1) is 0 Å². The monoisotopic (exact) mass is 341 g/mol. The molecule has 0 unspecified atom stereocenters. The van der Waals surface area contributed by atoms with Gasteiger partial charge in [-0.3, -0.25) is 9.78 Å². The Balaban J connectivity index is 1.26. The van der Waals surface area contributed by atoms with Gasteiger partial charge in [0, 0.05) is 56.0 Å². The topological polar surface area (TPSA) is 84.1 Å². The molecule has 2 fully saturated rings. The highest BCUT2D eigenvalue weighted by molar-refractivity contribution is 5.76. The summed E-state index contributed by atoms with van der Waals surface area (Å²) in [5.74, 6) is 1.39. The maximum Gasteiger partial charge on any atom is 0.226 e. The van der Waals surface area contributed by atoms with Crippen molar-refractivity contribution in [2.45, 2.75) is 50.6 Å². The van der Waals surface area contributed by atoms with Crippen LogP contribution in [-0.2, 0) is 11.2 Å². The summed E-state index contributed by atoms with van der Waals surface area (Å²) < 4.78 is 5.29. The second-order valence-electron chi connectivity index (χ2n) is 6.87. The second-order valence-corrected chi connectivity index (χ2v) is 6.87. The lowest BCUT2D eigenvalue weighted by molar-refractivity contribution is -0.131. The summed E-state index contributed by atoms with van der Waals surface area (Å²) in [5.41, 5.74) is 0.883. The number of carbonyl (C=O) groups excluding carboxylic acids is 1. The molecule has 2 saturated heterocycles. The van der Waals surface area contributed by atoms with Gasteiger partial charge in [-0.25, -0.2) is 0 Å². The van der Waals surface area contributed by atoms with E-state index in [4.69, 9.17) is 4.52 Å². The number of hydrogen-bond acceptors (Lipinski definition) is 6. The number of amides is 1. The van der Waals surface area contributed by atoms with E-state index in [9.17, 15) is 4.79 Å². The zero-order valence-corrected chi connectivity index (χ0v) is 14.2. The van der Waals surface area contributed by atoms with Crippen LogP contribution in [0.3, 0.4) is 0 Å². The van der Waals surface area contributed by atoms with Crippen molar-refractivity contribution in [3.8, 4) is 11.4 Å². The highest BCUT2D eigenvalue weighted by Gasteiger charge is 2.30. The van der Waals surface area contributed by atoms with Crippen LogP contribution in [0.15, 0.2) is 29.0 Å².